The van der Waals surface area contributed by atoms with Gasteiger partial charge in [-0.05, 0) is 319 Å². The molecule has 13 N–H and O–H groups in total. The SMILES string of the molecule is CC(C)(C)S(=O)(=O)NCCCCC(=O)Nc1ccc(-c2csnn2)cc1.CC(C)(C)S(=O)(=O)NCCCCC(=O)Nc1ccc(-n2ccc3ccccc32)cc1.CC(C)(C)S(=O)(=O)NCCCCC(=O)Nc1ccc(-n2cccn2)cc1.CC(C)(C)S(=O)(=O)NCCCCC(=O)Nc1ccc(N2CCC[C@H]2C(N)=O)cc1.CC(C)(C)S(=O)(=O)NCCCCC(=O)Nc1ccc2[nH]ncc2c1. The van der Waals surface area contributed by atoms with Crippen molar-refractivity contribution in [2.24, 2.45) is 5.73 Å². The molecule has 4 aromatic heterocycles. The van der Waals surface area contributed by atoms with Gasteiger partial charge in [0.2, 0.25) is 85.6 Å². The Morgan fingerprint density at radius 2 is 0.778 bits per heavy atom. The van der Waals surface area contributed by atoms with E-state index in [-0.39, 0.29) is 41.5 Å². The number of amides is 6. The van der Waals surface area contributed by atoms with Crippen LogP contribution in [0.25, 0.3) is 44.4 Å². The molecule has 6 amide bonds. The minimum absolute atomic E-state index is 0.0761. The molecule has 6 aromatic carbocycles. The highest BCUT2D eigenvalue weighted by atomic mass is 32.2. The number of H-pyrrole nitrogens is 1. The van der Waals surface area contributed by atoms with Crippen LogP contribution in [-0.4, -0.2) is 181 Å². The lowest BCUT2D eigenvalue weighted by molar-refractivity contribution is -0.119. The first-order valence-electron chi connectivity index (χ1n) is 44.9. The number of benzene rings is 6. The van der Waals surface area contributed by atoms with Crippen molar-refractivity contribution in [3.63, 3.8) is 0 Å². The van der Waals surface area contributed by atoms with Crippen molar-refractivity contribution < 1.29 is 70.9 Å². The highest BCUT2D eigenvalue weighted by molar-refractivity contribution is 7.92. The highest BCUT2D eigenvalue weighted by Gasteiger charge is 2.33. The molecular formula is C94H135N19O16S6. The third kappa shape index (κ3) is 36.7. The van der Waals surface area contributed by atoms with E-state index in [0.29, 0.717) is 135 Å². The van der Waals surface area contributed by atoms with Crippen LogP contribution in [0, 0.1) is 0 Å². The van der Waals surface area contributed by atoms with E-state index in [9.17, 15) is 70.9 Å². The number of hydrogen-bond acceptors (Lipinski definition) is 22. The van der Waals surface area contributed by atoms with Gasteiger partial charge in [0.05, 0.1) is 46.7 Å². The molecule has 0 saturated carbocycles. The number of carbonyl (C=O) groups excluding carboxylic acids is 6. The molecule has 1 atom stereocenters. The maximum atomic E-state index is 12.2. The molecule has 0 radical (unpaired) electrons. The second kappa shape index (κ2) is 50.9. The Bertz CT molecular complexity index is 5930. The number of sulfonamides is 5. The van der Waals surface area contributed by atoms with Gasteiger partial charge in [0.1, 0.15) is 11.7 Å². The smallest absolute Gasteiger partial charge is 0.240 e. The summed E-state index contributed by atoms with van der Waals surface area (Å²) in [6, 6.07) is 47.3. The number of fused-ring (bicyclic) bond motifs is 2. The van der Waals surface area contributed by atoms with E-state index in [1.807, 2.05) is 144 Å². The molecular weight excluding hydrogens is 1840 g/mol. The van der Waals surface area contributed by atoms with Crippen LogP contribution < -0.4 is 60.8 Å². The Morgan fingerprint density at radius 3 is 1.14 bits per heavy atom. The topological polar surface area (TPSA) is 500 Å². The van der Waals surface area contributed by atoms with Gasteiger partial charge in [0.25, 0.3) is 0 Å². The number of rotatable bonds is 40. The van der Waals surface area contributed by atoms with E-state index in [2.05, 4.69) is 97.8 Å². The predicted molar refractivity (Wildman–Crippen MR) is 540 cm³/mol. The van der Waals surface area contributed by atoms with E-state index < -0.39 is 73.9 Å². The molecule has 35 nitrogen and oxygen atoms in total. The van der Waals surface area contributed by atoms with Gasteiger partial charge in [-0.15, -0.1) is 5.10 Å². The van der Waals surface area contributed by atoms with Gasteiger partial charge in [-0.25, -0.2) is 70.4 Å². The van der Waals surface area contributed by atoms with Crippen LogP contribution in [0.2, 0.25) is 0 Å². The zero-order valence-corrected chi connectivity index (χ0v) is 84.7. The summed E-state index contributed by atoms with van der Waals surface area (Å²) >= 11 is 1.29. The number of nitrogens with two attached hydrogens (primary N) is 1. The van der Waals surface area contributed by atoms with E-state index in [1.165, 1.54) is 16.9 Å². The van der Waals surface area contributed by atoms with Crippen molar-refractivity contribution in [3.05, 3.63) is 182 Å². The summed E-state index contributed by atoms with van der Waals surface area (Å²) in [5.74, 6) is -0.774. The fourth-order valence-electron chi connectivity index (χ4n) is 12.6. The van der Waals surface area contributed by atoms with Crippen molar-refractivity contribution >= 4 is 153 Å². The second-order valence-corrected chi connectivity index (χ2v) is 50.4. The number of nitrogens with one attached hydrogen (secondary N) is 11. The molecule has 10 aromatic rings. The summed E-state index contributed by atoms with van der Waals surface area (Å²) in [6.45, 7) is 27.2. The minimum atomic E-state index is -3.35. The van der Waals surface area contributed by atoms with Crippen LogP contribution in [-0.2, 0) is 78.9 Å². The fourth-order valence-corrected chi connectivity index (χ4v) is 17.3. The number of para-hydroxylation sites is 1. The van der Waals surface area contributed by atoms with Gasteiger partial charge < -0.3 is 41.8 Å². The monoisotopic (exact) mass is 1980 g/mol. The molecule has 135 heavy (non-hydrogen) atoms. The zero-order valence-electron chi connectivity index (χ0n) is 79.9. The Balaban J connectivity index is 0.000000231. The Kier molecular flexibility index (Phi) is 42.0. The van der Waals surface area contributed by atoms with Gasteiger partial charge in [0.15, 0.2) is 0 Å². The molecule has 1 saturated heterocycles. The Morgan fingerprint density at radius 1 is 0.415 bits per heavy atom. The Hall–Kier alpha value is -10.7. The summed E-state index contributed by atoms with van der Waals surface area (Å²) in [5.41, 5.74) is 15.7. The van der Waals surface area contributed by atoms with Gasteiger partial charge in [-0.3, -0.25) is 33.9 Å². The highest BCUT2D eigenvalue weighted by Crippen LogP contribution is 2.29. The number of primary amides is 1. The van der Waals surface area contributed by atoms with Gasteiger partial charge in [-0.1, -0.05) is 34.8 Å². The van der Waals surface area contributed by atoms with Crippen LogP contribution in [0.15, 0.2) is 182 Å². The van der Waals surface area contributed by atoms with Crippen molar-refractivity contribution in [2.75, 3.05) is 70.8 Å². The van der Waals surface area contributed by atoms with Gasteiger partial charge in [0, 0.05) is 146 Å². The van der Waals surface area contributed by atoms with E-state index in [1.54, 1.807) is 133 Å². The third-order valence-electron chi connectivity index (χ3n) is 21.2. The summed E-state index contributed by atoms with van der Waals surface area (Å²) in [6.07, 6.45) is 16.8. The van der Waals surface area contributed by atoms with Crippen LogP contribution >= 0.6 is 11.5 Å². The normalized spacial score (nSPS) is 13.3. The van der Waals surface area contributed by atoms with Crippen molar-refractivity contribution in [1.29, 1.82) is 0 Å². The van der Waals surface area contributed by atoms with Gasteiger partial charge in [-0.2, -0.15) is 10.2 Å². The molecule has 738 valence electrons. The molecule has 1 fully saturated rings. The largest absolute Gasteiger partial charge is 0.368 e. The molecule has 1 aliphatic rings. The number of unbranched alkanes of at least 4 members (excludes halogenated alkanes) is 5. The fraction of sp³-hybridized carbons (Fsp3) is 0.468. The number of anilines is 6. The lowest BCUT2D eigenvalue weighted by Crippen LogP contribution is -2.40. The molecule has 0 spiro atoms. The molecule has 1 aliphatic heterocycles. The Labute approximate surface area is 799 Å². The van der Waals surface area contributed by atoms with Crippen LogP contribution in [0.3, 0.4) is 0 Å². The quantitative estimate of drug-likeness (QED) is 0.0159. The summed E-state index contributed by atoms with van der Waals surface area (Å²) in [7, 11) is -16.7. The average Bonchev–Trinajstić information content (AvgIpc) is 1.65. The van der Waals surface area contributed by atoms with Crippen LogP contribution in [0.1, 0.15) is 213 Å². The molecule has 5 heterocycles. The number of aromatic amines is 1. The van der Waals surface area contributed by atoms with Gasteiger partial charge >= 0.3 is 0 Å². The molecule has 0 bridgehead atoms. The molecule has 11 rings (SSSR count). The second-order valence-electron chi connectivity index (χ2n) is 37.2. The number of aromatic nitrogens is 7. The van der Waals surface area contributed by atoms with E-state index in [4.69, 9.17) is 5.73 Å². The van der Waals surface area contributed by atoms with E-state index >= 15 is 0 Å². The van der Waals surface area contributed by atoms with Crippen LogP contribution in [0.5, 0.6) is 0 Å². The first kappa shape index (κ1) is 111. The first-order valence-corrected chi connectivity index (χ1v) is 53.2. The zero-order chi connectivity index (χ0) is 99.6. The standard InChI is InChI=1S/C23H29N3O3S.C20H32N4O4S.C18H26N4O3S.C17H24N4O3S2.C16H24N4O3S/c1-23(2,3)30(28,29)24-16-7-6-10-22(27)25-19-11-13-20(14-12-19)26-17-15-18-8-4-5-9-21(18)26;1-20(2,3)29(27,28)22-13-5-4-8-18(25)23-15-9-11-16(12-10-15)24-14-6-7-17(24)19(21)26;1-18(2,3)26(24,25)20-13-5-4-7-17(23)21-15-8-10-16(11-9-15)22-14-6-12-19-22;1-17(2,3)26(23,24)18-11-5-4-6-16(22)19-14-9-7-13(8-10-14)15-12-25-21-20-15;1-16(2,3)24(22,23)18-9-5-4-6-15(21)19-13-7-8-14-12(10-13)11-17-20-14/h4-5,8-9,11-15,17,24H,6-7,10,16H2,1-3H3,(H,25,27);9-12,17,22H,4-8,13-14H2,1-3H3,(H2,21,26)(H,23,25);6,8-12,14,20H,4-5,7,13H2,1-3H3,(H,21,23);7-10,12,18H,4-6,11H2,1-3H3,(H,19,22);7-8,10-11,18H,4-6,9H2,1-3H3,(H,17,20)(H,19,21)/t;17-;;;/m.0.../s1. The maximum absolute atomic E-state index is 12.2. The summed E-state index contributed by atoms with van der Waals surface area (Å²) in [5, 5.41) is 33.2. The number of nitrogens with zero attached hydrogens (tertiary/aromatic N) is 7. The lowest BCUT2D eigenvalue weighted by Gasteiger charge is -2.24. The average molecular weight is 1980 g/mol. The molecule has 41 heteroatoms. The maximum Gasteiger partial charge on any atom is 0.240 e. The van der Waals surface area contributed by atoms with E-state index in [0.717, 1.165) is 86.9 Å². The number of hydrogen-bond donors (Lipinski definition) is 12. The number of carbonyl (C=O) groups is 6. The lowest BCUT2D eigenvalue weighted by atomic mass is 10.1. The third-order valence-corrected chi connectivity index (χ3v) is 32.7. The summed E-state index contributed by atoms with van der Waals surface area (Å²) in [4.78, 5) is 73.7. The molecule has 0 unspecified atom stereocenters. The minimum Gasteiger partial charge on any atom is -0.368 e. The van der Waals surface area contributed by atoms with Crippen molar-refractivity contribution in [2.45, 2.75) is 243 Å². The van der Waals surface area contributed by atoms with Crippen molar-refractivity contribution in [1.82, 2.24) is 57.7 Å². The van der Waals surface area contributed by atoms with Crippen molar-refractivity contribution in [3.8, 4) is 22.6 Å². The summed E-state index contributed by atoms with van der Waals surface area (Å²) < 4.78 is 136. The van der Waals surface area contributed by atoms with Crippen LogP contribution in [0.4, 0.5) is 34.1 Å². The predicted octanol–water partition coefficient (Wildman–Crippen LogP) is 14.5. The molecule has 0 aliphatic carbocycles. The first-order chi connectivity index (χ1) is 63.2.